The molecule has 2 aliphatic rings. The monoisotopic (exact) mass is 303 g/mol. The second-order valence-electron chi connectivity index (χ2n) is 6.67. The molecule has 23 heavy (non-hydrogen) atoms. The van der Waals surface area contributed by atoms with Crippen LogP contribution in [0, 0.1) is 5.92 Å². The molecular formula is C20H17NO2. The van der Waals surface area contributed by atoms with Crippen LogP contribution in [0.25, 0.3) is 21.9 Å². The first-order valence-electron chi connectivity index (χ1n) is 8.14. The average molecular weight is 303 g/mol. The van der Waals surface area contributed by atoms with E-state index in [9.17, 15) is 4.79 Å². The molecular weight excluding hydrogens is 286 g/mol. The normalized spacial score (nSPS) is 22.9. The molecule has 1 unspecified atom stereocenters. The van der Waals surface area contributed by atoms with E-state index in [-0.39, 0.29) is 5.76 Å². The lowest BCUT2D eigenvalue weighted by Gasteiger charge is -2.35. The predicted octanol–water partition coefficient (Wildman–Crippen LogP) is 4.44. The smallest absolute Gasteiger partial charge is 0.408 e. The second kappa shape index (κ2) is 4.48. The zero-order valence-electron chi connectivity index (χ0n) is 12.9. The van der Waals surface area contributed by atoms with E-state index >= 15 is 0 Å². The number of allylic oxidation sites excluding steroid dienone is 4. The molecule has 0 aliphatic heterocycles. The van der Waals surface area contributed by atoms with E-state index in [2.05, 4.69) is 48.3 Å². The van der Waals surface area contributed by atoms with Crippen molar-refractivity contribution in [2.45, 2.75) is 25.7 Å². The first kappa shape index (κ1) is 12.9. The quantitative estimate of drug-likeness (QED) is 0.667. The van der Waals surface area contributed by atoms with Crippen LogP contribution in [0.5, 0.6) is 0 Å². The van der Waals surface area contributed by atoms with E-state index in [1.165, 1.54) is 23.1 Å². The molecule has 0 amide bonds. The number of benzene rings is 2. The fraction of sp³-hybridized carbons (Fsp3) is 0.250. The van der Waals surface area contributed by atoms with Crippen molar-refractivity contribution in [2.24, 2.45) is 5.92 Å². The summed E-state index contributed by atoms with van der Waals surface area (Å²) in [5, 5.41) is 2.32. The third-order valence-corrected chi connectivity index (χ3v) is 5.40. The maximum atomic E-state index is 11.7. The fourth-order valence-corrected chi connectivity index (χ4v) is 4.41. The van der Waals surface area contributed by atoms with Gasteiger partial charge in [-0.05, 0) is 48.3 Å². The number of rotatable bonds is 0. The number of nitrogens with one attached hydrogen (secondary N) is 1. The molecule has 0 spiro atoms. The van der Waals surface area contributed by atoms with Crippen LogP contribution >= 0.6 is 0 Å². The average Bonchev–Trinajstić information content (AvgIpc) is 2.94. The van der Waals surface area contributed by atoms with Crippen molar-refractivity contribution in [1.82, 2.24) is 4.98 Å². The molecule has 5 rings (SSSR count). The summed E-state index contributed by atoms with van der Waals surface area (Å²) < 4.78 is 5.29. The van der Waals surface area contributed by atoms with Crippen LogP contribution in [0.1, 0.15) is 30.4 Å². The summed E-state index contributed by atoms with van der Waals surface area (Å²) in [5.41, 5.74) is 5.66. The molecule has 2 atom stereocenters. The molecule has 1 aromatic heterocycles. The van der Waals surface area contributed by atoms with Crippen molar-refractivity contribution in [3.8, 4) is 0 Å². The SMILES string of the molecule is CC1=CC=C[C@H]2CCc3ccc4ccc5oc(=O)[nH]c5c4c3C12. The van der Waals surface area contributed by atoms with E-state index < -0.39 is 0 Å². The van der Waals surface area contributed by atoms with Crippen molar-refractivity contribution < 1.29 is 4.42 Å². The van der Waals surface area contributed by atoms with E-state index in [1.807, 2.05) is 6.07 Å². The Morgan fingerprint density at radius 2 is 2.09 bits per heavy atom. The Morgan fingerprint density at radius 3 is 3.00 bits per heavy atom. The van der Waals surface area contributed by atoms with Crippen molar-refractivity contribution in [3.63, 3.8) is 0 Å². The molecule has 0 saturated heterocycles. The number of hydrogen-bond donors (Lipinski definition) is 1. The van der Waals surface area contributed by atoms with Crippen LogP contribution in [0.15, 0.2) is 57.3 Å². The molecule has 3 aromatic rings. The van der Waals surface area contributed by atoms with Gasteiger partial charge in [0.05, 0.1) is 5.52 Å². The van der Waals surface area contributed by atoms with Crippen LogP contribution in [0.3, 0.4) is 0 Å². The summed E-state index contributed by atoms with van der Waals surface area (Å²) in [6.07, 6.45) is 9.00. The Hall–Kier alpha value is -2.55. The van der Waals surface area contributed by atoms with E-state index in [0.29, 0.717) is 17.4 Å². The zero-order valence-corrected chi connectivity index (χ0v) is 12.9. The van der Waals surface area contributed by atoms with Gasteiger partial charge in [-0.3, -0.25) is 4.98 Å². The second-order valence-corrected chi connectivity index (χ2v) is 6.67. The maximum absolute atomic E-state index is 11.7. The highest BCUT2D eigenvalue weighted by atomic mass is 16.4. The number of oxazole rings is 1. The third kappa shape index (κ3) is 1.73. The summed E-state index contributed by atoms with van der Waals surface area (Å²) in [4.78, 5) is 14.6. The first-order valence-corrected chi connectivity index (χ1v) is 8.14. The highest BCUT2D eigenvalue weighted by Crippen LogP contribution is 2.47. The fourth-order valence-electron chi connectivity index (χ4n) is 4.41. The van der Waals surface area contributed by atoms with Crippen molar-refractivity contribution in [3.05, 3.63) is 69.7 Å². The number of aromatic nitrogens is 1. The van der Waals surface area contributed by atoms with Crippen LogP contribution in [-0.4, -0.2) is 4.98 Å². The first-order chi connectivity index (χ1) is 11.2. The summed E-state index contributed by atoms with van der Waals surface area (Å²) in [6, 6.07) is 8.35. The minimum Gasteiger partial charge on any atom is -0.408 e. The van der Waals surface area contributed by atoms with Crippen LogP contribution < -0.4 is 5.76 Å². The molecule has 3 nitrogen and oxygen atoms in total. The Bertz CT molecular complexity index is 1060. The van der Waals surface area contributed by atoms with Crippen molar-refractivity contribution in [2.75, 3.05) is 0 Å². The predicted molar refractivity (Wildman–Crippen MR) is 91.8 cm³/mol. The Kier molecular flexibility index (Phi) is 2.52. The largest absolute Gasteiger partial charge is 0.417 e. The molecule has 1 N–H and O–H groups in total. The molecule has 0 fully saturated rings. The number of aromatic amines is 1. The number of fused-ring (bicyclic) bond motifs is 7. The lowest BCUT2D eigenvalue weighted by Crippen LogP contribution is -2.22. The Balaban J connectivity index is 1.95. The van der Waals surface area contributed by atoms with Gasteiger partial charge in [-0.1, -0.05) is 42.0 Å². The number of hydrogen-bond acceptors (Lipinski definition) is 2. The van der Waals surface area contributed by atoms with Crippen LogP contribution in [0.2, 0.25) is 0 Å². The van der Waals surface area contributed by atoms with Gasteiger partial charge < -0.3 is 4.42 Å². The van der Waals surface area contributed by atoms with E-state index in [4.69, 9.17) is 4.42 Å². The lowest BCUT2D eigenvalue weighted by molar-refractivity contribution is 0.485. The molecule has 2 aromatic carbocycles. The Morgan fingerprint density at radius 1 is 1.22 bits per heavy atom. The van der Waals surface area contributed by atoms with Crippen molar-refractivity contribution in [1.29, 1.82) is 0 Å². The summed E-state index contributed by atoms with van der Waals surface area (Å²) >= 11 is 0. The molecule has 2 aliphatic carbocycles. The number of H-pyrrole nitrogens is 1. The molecule has 0 radical (unpaired) electrons. The minimum absolute atomic E-state index is 0.381. The van der Waals surface area contributed by atoms with Gasteiger partial charge >= 0.3 is 5.76 Å². The highest BCUT2D eigenvalue weighted by Gasteiger charge is 2.32. The molecule has 3 heteroatoms. The van der Waals surface area contributed by atoms with Gasteiger partial charge in [-0.2, -0.15) is 0 Å². The summed E-state index contributed by atoms with van der Waals surface area (Å²) in [6.45, 7) is 2.22. The van der Waals surface area contributed by atoms with Gasteiger partial charge in [0, 0.05) is 11.3 Å². The van der Waals surface area contributed by atoms with Gasteiger partial charge in [-0.25, -0.2) is 4.79 Å². The molecule has 114 valence electrons. The number of aryl methyl sites for hydroxylation is 1. The van der Waals surface area contributed by atoms with E-state index in [0.717, 1.165) is 22.7 Å². The van der Waals surface area contributed by atoms with Gasteiger partial charge in [0.2, 0.25) is 0 Å². The van der Waals surface area contributed by atoms with Gasteiger partial charge in [0.25, 0.3) is 0 Å². The molecule has 0 saturated carbocycles. The topological polar surface area (TPSA) is 46.0 Å². The summed E-state index contributed by atoms with van der Waals surface area (Å²) in [7, 11) is 0. The molecule has 0 bridgehead atoms. The van der Waals surface area contributed by atoms with Gasteiger partial charge in [0.15, 0.2) is 5.58 Å². The van der Waals surface area contributed by atoms with Crippen molar-refractivity contribution >= 4 is 21.9 Å². The van der Waals surface area contributed by atoms with Gasteiger partial charge in [-0.15, -0.1) is 0 Å². The molecule has 1 heterocycles. The highest BCUT2D eigenvalue weighted by molar-refractivity contribution is 6.06. The maximum Gasteiger partial charge on any atom is 0.417 e. The van der Waals surface area contributed by atoms with Crippen LogP contribution in [-0.2, 0) is 6.42 Å². The van der Waals surface area contributed by atoms with Gasteiger partial charge in [0.1, 0.15) is 0 Å². The lowest BCUT2D eigenvalue weighted by atomic mass is 9.68. The van der Waals surface area contributed by atoms with Crippen LogP contribution in [0.4, 0.5) is 0 Å². The zero-order chi connectivity index (χ0) is 15.6. The Labute approximate surface area is 133 Å². The standard InChI is InChI=1S/C20H17NO2/c1-11-3-2-4-12-5-6-13-7-8-14-9-10-15-19(21-20(22)23-15)18(14)17(13)16(11)12/h2-4,7-10,12,16H,5-6H2,1H3,(H,21,22)/t12-,16?/m0/s1. The summed E-state index contributed by atoms with van der Waals surface area (Å²) in [5.74, 6) is 0.566. The third-order valence-electron chi connectivity index (χ3n) is 5.40. The minimum atomic E-state index is -0.381. The van der Waals surface area contributed by atoms with E-state index in [1.54, 1.807) is 0 Å².